The number of fused-ring (bicyclic) bond motifs is 1. The van der Waals surface area contributed by atoms with Gasteiger partial charge in [0.2, 0.25) is 5.91 Å². The maximum atomic E-state index is 12.0. The van der Waals surface area contributed by atoms with Gasteiger partial charge in [0.1, 0.15) is 0 Å². The number of carbonyl (C=O) groups is 2. The fourth-order valence-corrected chi connectivity index (χ4v) is 2.64. The number of nitrogens with one attached hydrogen (secondary N) is 1. The molecule has 0 aliphatic heterocycles. The summed E-state index contributed by atoms with van der Waals surface area (Å²) in [6, 6.07) is -0.358. The first-order valence-electron chi connectivity index (χ1n) is 6.38. The van der Waals surface area contributed by atoms with Crippen LogP contribution in [0.5, 0.6) is 0 Å². The summed E-state index contributed by atoms with van der Waals surface area (Å²) >= 11 is 1.50. The molecular formula is C13H17N3O3S. The zero-order valence-corrected chi connectivity index (χ0v) is 12.2. The van der Waals surface area contributed by atoms with Gasteiger partial charge in [-0.3, -0.25) is 14.0 Å². The molecule has 0 aliphatic rings. The van der Waals surface area contributed by atoms with Crippen LogP contribution in [0.4, 0.5) is 0 Å². The van der Waals surface area contributed by atoms with Gasteiger partial charge in [0.15, 0.2) is 4.96 Å². The summed E-state index contributed by atoms with van der Waals surface area (Å²) in [5, 5.41) is 13.5. The van der Waals surface area contributed by atoms with Gasteiger partial charge in [-0.2, -0.15) is 0 Å². The Kier molecular flexibility index (Phi) is 4.39. The number of amides is 1. The van der Waals surface area contributed by atoms with E-state index in [2.05, 4.69) is 10.3 Å². The fourth-order valence-electron chi connectivity index (χ4n) is 1.93. The highest BCUT2D eigenvalue weighted by atomic mass is 32.1. The first kappa shape index (κ1) is 14.5. The Morgan fingerprint density at radius 2 is 2.25 bits per heavy atom. The number of imidazole rings is 1. The number of carbonyl (C=O) groups excluding carboxylic acids is 1. The van der Waals surface area contributed by atoms with E-state index in [9.17, 15) is 9.59 Å². The highest BCUT2D eigenvalue weighted by molar-refractivity contribution is 7.15. The summed E-state index contributed by atoms with van der Waals surface area (Å²) < 4.78 is 1.87. The zero-order valence-electron chi connectivity index (χ0n) is 11.4. The van der Waals surface area contributed by atoms with Gasteiger partial charge in [0, 0.05) is 23.8 Å². The van der Waals surface area contributed by atoms with Crippen molar-refractivity contribution in [2.75, 3.05) is 0 Å². The van der Waals surface area contributed by atoms with Gasteiger partial charge in [-0.25, -0.2) is 4.98 Å². The van der Waals surface area contributed by atoms with Crippen LogP contribution in [-0.2, 0) is 16.0 Å². The highest BCUT2D eigenvalue weighted by Gasteiger charge is 2.20. The molecule has 6 nitrogen and oxygen atoms in total. The normalized spacial score (nSPS) is 12.8. The molecule has 2 rings (SSSR count). The summed E-state index contributed by atoms with van der Waals surface area (Å²) in [6.45, 7) is 3.78. The lowest BCUT2D eigenvalue weighted by atomic mass is 10.0. The Morgan fingerprint density at radius 3 is 2.85 bits per heavy atom. The summed E-state index contributed by atoms with van der Waals surface area (Å²) in [4.78, 5) is 27.9. The highest BCUT2D eigenvalue weighted by Crippen LogP contribution is 2.12. The monoisotopic (exact) mass is 295 g/mol. The topological polar surface area (TPSA) is 83.7 Å². The number of rotatable bonds is 6. The molecule has 1 atom stereocenters. The molecule has 1 unspecified atom stereocenters. The SMILES string of the molecule is CC(C)C(CC(=O)O)NC(=O)Cc1cn2ccsc2n1. The number of aliphatic carboxylic acids is 1. The van der Waals surface area contributed by atoms with Gasteiger partial charge < -0.3 is 10.4 Å². The van der Waals surface area contributed by atoms with E-state index in [1.54, 1.807) is 0 Å². The molecule has 0 spiro atoms. The van der Waals surface area contributed by atoms with E-state index in [1.165, 1.54) is 11.3 Å². The number of carboxylic acids is 1. The molecular weight excluding hydrogens is 278 g/mol. The molecule has 0 saturated heterocycles. The maximum absolute atomic E-state index is 12.0. The van der Waals surface area contributed by atoms with Crippen LogP contribution in [0.15, 0.2) is 17.8 Å². The first-order chi connectivity index (χ1) is 9.45. The van der Waals surface area contributed by atoms with E-state index >= 15 is 0 Å². The molecule has 0 saturated carbocycles. The Morgan fingerprint density at radius 1 is 1.50 bits per heavy atom. The lowest BCUT2D eigenvalue weighted by Crippen LogP contribution is -2.40. The van der Waals surface area contributed by atoms with E-state index in [-0.39, 0.29) is 30.7 Å². The second kappa shape index (κ2) is 6.04. The van der Waals surface area contributed by atoms with Gasteiger partial charge in [0.05, 0.1) is 18.5 Å². The molecule has 0 aromatic carbocycles. The minimum Gasteiger partial charge on any atom is -0.481 e. The average Bonchev–Trinajstić information content (AvgIpc) is 2.87. The molecule has 1 amide bonds. The second-order valence-electron chi connectivity index (χ2n) is 5.02. The van der Waals surface area contributed by atoms with Crippen LogP contribution in [0.25, 0.3) is 4.96 Å². The second-order valence-corrected chi connectivity index (χ2v) is 5.89. The van der Waals surface area contributed by atoms with Crippen molar-refractivity contribution in [2.45, 2.75) is 32.7 Å². The number of nitrogens with zero attached hydrogens (tertiary/aromatic N) is 2. The summed E-state index contributed by atoms with van der Waals surface area (Å²) in [6.07, 6.45) is 3.79. The third kappa shape index (κ3) is 3.57. The number of carboxylic acid groups (broad SMARTS) is 1. The average molecular weight is 295 g/mol. The number of hydrogen-bond acceptors (Lipinski definition) is 4. The number of thiazole rings is 1. The number of hydrogen-bond donors (Lipinski definition) is 2. The van der Waals surface area contributed by atoms with Crippen LogP contribution < -0.4 is 5.32 Å². The van der Waals surface area contributed by atoms with Crippen molar-refractivity contribution >= 4 is 28.2 Å². The third-order valence-corrected chi connectivity index (χ3v) is 3.80. The van der Waals surface area contributed by atoms with E-state index in [4.69, 9.17) is 5.11 Å². The Hall–Kier alpha value is -1.89. The van der Waals surface area contributed by atoms with Crippen LogP contribution >= 0.6 is 11.3 Å². The van der Waals surface area contributed by atoms with Crippen molar-refractivity contribution in [3.05, 3.63) is 23.5 Å². The van der Waals surface area contributed by atoms with Crippen molar-refractivity contribution in [1.82, 2.24) is 14.7 Å². The molecule has 2 heterocycles. The van der Waals surface area contributed by atoms with Gasteiger partial charge in [-0.1, -0.05) is 13.8 Å². The third-order valence-electron chi connectivity index (χ3n) is 3.03. The minimum absolute atomic E-state index is 0.0678. The van der Waals surface area contributed by atoms with E-state index in [1.807, 2.05) is 36.0 Å². The van der Waals surface area contributed by atoms with Gasteiger partial charge in [-0.05, 0) is 5.92 Å². The molecule has 0 aliphatic carbocycles. The van der Waals surface area contributed by atoms with Crippen LogP contribution in [0.1, 0.15) is 26.0 Å². The molecule has 0 bridgehead atoms. The molecule has 2 aromatic heterocycles. The molecule has 7 heteroatoms. The lowest BCUT2D eigenvalue weighted by molar-refractivity contribution is -0.138. The molecule has 20 heavy (non-hydrogen) atoms. The Bertz CT molecular complexity index is 589. The van der Waals surface area contributed by atoms with Crippen molar-refractivity contribution in [2.24, 2.45) is 5.92 Å². The van der Waals surface area contributed by atoms with E-state index < -0.39 is 5.97 Å². The van der Waals surface area contributed by atoms with Gasteiger partial charge >= 0.3 is 5.97 Å². The fraction of sp³-hybridized carbons (Fsp3) is 0.462. The quantitative estimate of drug-likeness (QED) is 0.847. The molecule has 2 aromatic rings. The largest absolute Gasteiger partial charge is 0.481 e. The molecule has 108 valence electrons. The van der Waals surface area contributed by atoms with E-state index in [0.717, 1.165) is 4.96 Å². The Balaban J connectivity index is 1.96. The summed E-state index contributed by atoms with van der Waals surface area (Å²) in [5.41, 5.74) is 0.687. The predicted molar refractivity (Wildman–Crippen MR) is 75.8 cm³/mol. The van der Waals surface area contributed by atoms with Crippen molar-refractivity contribution in [3.63, 3.8) is 0 Å². The van der Waals surface area contributed by atoms with Gasteiger partial charge in [-0.15, -0.1) is 11.3 Å². The van der Waals surface area contributed by atoms with Crippen molar-refractivity contribution in [3.8, 4) is 0 Å². The molecule has 2 N–H and O–H groups in total. The zero-order chi connectivity index (χ0) is 14.7. The predicted octanol–water partition coefficient (Wildman–Crippen LogP) is 1.55. The van der Waals surface area contributed by atoms with Gasteiger partial charge in [0.25, 0.3) is 0 Å². The van der Waals surface area contributed by atoms with Crippen LogP contribution in [-0.4, -0.2) is 32.4 Å². The van der Waals surface area contributed by atoms with Crippen LogP contribution in [0, 0.1) is 5.92 Å². The van der Waals surface area contributed by atoms with Crippen molar-refractivity contribution < 1.29 is 14.7 Å². The lowest BCUT2D eigenvalue weighted by Gasteiger charge is -2.20. The first-order valence-corrected chi connectivity index (χ1v) is 7.26. The summed E-state index contributed by atoms with van der Waals surface area (Å²) in [7, 11) is 0. The Labute approximate surface area is 120 Å². The summed E-state index contributed by atoms with van der Waals surface area (Å²) in [5.74, 6) is -1.04. The van der Waals surface area contributed by atoms with Crippen LogP contribution in [0.2, 0.25) is 0 Å². The maximum Gasteiger partial charge on any atom is 0.305 e. The minimum atomic E-state index is -0.911. The van der Waals surface area contributed by atoms with E-state index in [0.29, 0.717) is 5.69 Å². The standard InChI is InChI=1S/C13H17N3O3S/c1-8(2)10(6-12(18)19)15-11(17)5-9-7-16-3-4-20-13(16)14-9/h3-4,7-8,10H,5-6H2,1-2H3,(H,15,17)(H,18,19). The van der Waals surface area contributed by atoms with Crippen LogP contribution in [0.3, 0.4) is 0 Å². The number of aromatic nitrogens is 2. The van der Waals surface area contributed by atoms with Crippen molar-refractivity contribution in [1.29, 1.82) is 0 Å². The molecule has 0 radical (unpaired) electrons. The molecule has 0 fully saturated rings. The smallest absolute Gasteiger partial charge is 0.305 e.